The summed E-state index contributed by atoms with van der Waals surface area (Å²) in [6.45, 7) is 4.70. The molecule has 1 rings (SSSR count). The van der Waals surface area contributed by atoms with Gasteiger partial charge >= 0.3 is 5.97 Å². The van der Waals surface area contributed by atoms with Crippen molar-refractivity contribution in [1.29, 1.82) is 0 Å². The van der Waals surface area contributed by atoms with E-state index in [1.807, 2.05) is 6.92 Å². The first-order chi connectivity index (χ1) is 8.15. The lowest BCUT2D eigenvalue weighted by molar-refractivity contribution is -0.140. The number of ether oxygens (including phenoxy) is 2. The van der Waals surface area contributed by atoms with Crippen molar-refractivity contribution in [2.24, 2.45) is 0 Å². The molecule has 1 heterocycles. The molecule has 6 heteroatoms. The van der Waals surface area contributed by atoms with Gasteiger partial charge in [0.2, 0.25) is 5.88 Å². The van der Waals surface area contributed by atoms with Crippen LogP contribution in [0.25, 0.3) is 0 Å². The van der Waals surface area contributed by atoms with Crippen LogP contribution in [0, 0.1) is 6.92 Å². The second-order valence-electron chi connectivity index (χ2n) is 3.32. The first-order valence-corrected chi connectivity index (χ1v) is 5.45. The van der Waals surface area contributed by atoms with Gasteiger partial charge in [-0.1, -0.05) is 0 Å². The van der Waals surface area contributed by atoms with Crippen LogP contribution >= 0.6 is 0 Å². The maximum atomic E-state index is 10.9. The fourth-order valence-corrected chi connectivity index (χ4v) is 1.25. The molecule has 0 saturated carbocycles. The van der Waals surface area contributed by atoms with E-state index in [1.165, 1.54) is 7.11 Å². The van der Waals surface area contributed by atoms with Crippen molar-refractivity contribution in [2.75, 3.05) is 25.6 Å². The third-order valence-electron chi connectivity index (χ3n) is 1.97. The highest BCUT2D eigenvalue weighted by Gasteiger charge is 2.03. The molecular formula is C11H17N3O3. The molecule has 0 spiro atoms. The van der Waals surface area contributed by atoms with Crippen molar-refractivity contribution in [1.82, 2.24) is 9.97 Å². The van der Waals surface area contributed by atoms with E-state index < -0.39 is 0 Å². The summed E-state index contributed by atoms with van der Waals surface area (Å²) >= 11 is 0. The Kier molecular flexibility index (Phi) is 5.19. The summed E-state index contributed by atoms with van der Waals surface area (Å²) in [4.78, 5) is 19.2. The molecule has 0 amide bonds. The van der Waals surface area contributed by atoms with Crippen LogP contribution in [-0.2, 0) is 9.53 Å². The number of carbonyl (C=O) groups excluding carboxylic acids is 1. The lowest BCUT2D eigenvalue weighted by Crippen LogP contribution is -2.11. The number of methoxy groups -OCH3 is 1. The molecule has 6 nitrogen and oxygen atoms in total. The van der Waals surface area contributed by atoms with Crippen LogP contribution in [0.1, 0.15) is 19.2 Å². The summed E-state index contributed by atoms with van der Waals surface area (Å²) in [7, 11) is 1.37. The highest BCUT2D eigenvalue weighted by atomic mass is 16.5. The number of anilines is 1. The van der Waals surface area contributed by atoms with Crippen LogP contribution in [0.4, 0.5) is 5.82 Å². The average Bonchev–Trinajstić information content (AvgIpc) is 2.28. The van der Waals surface area contributed by atoms with E-state index in [4.69, 9.17) is 4.74 Å². The molecule has 1 aromatic rings. The third kappa shape index (κ3) is 4.67. The largest absolute Gasteiger partial charge is 0.478 e. The average molecular weight is 239 g/mol. The van der Waals surface area contributed by atoms with E-state index in [-0.39, 0.29) is 5.97 Å². The van der Waals surface area contributed by atoms with E-state index in [1.54, 1.807) is 13.0 Å². The van der Waals surface area contributed by atoms with Crippen molar-refractivity contribution in [3.05, 3.63) is 11.9 Å². The second-order valence-corrected chi connectivity index (χ2v) is 3.32. The molecule has 0 aliphatic heterocycles. The van der Waals surface area contributed by atoms with Gasteiger partial charge < -0.3 is 14.8 Å². The van der Waals surface area contributed by atoms with E-state index in [9.17, 15) is 4.79 Å². The van der Waals surface area contributed by atoms with Crippen molar-refractivity contribution in [3.63, 3.8) is 0 Å². The molecule has 1 N–H and O–H groups in total. The molecule has 0 bridgehead atoms. The van der Waals surface area contributed by atoms with Crippen LogP contribution in [0.15, 0.2) is 6.07 Å². The minimum Gasteiger partial charge on any atom is -0.478 e. The molecule has 17 heavy (non-hydrogen) atoms. The zero-order chi connectivity index (χ0) is 12.7. The van der Waals surface area contributed by atoms with Gasteiger partial charge in [0, 0.05) is 12.6 Å². The van der Waals surface area contributed by atoms with Crippen LogP contribution in [0.2, 0.25) is 0 Å². The van der Waals surface area contributed by atoms with E-state index in [0.717, 1.165) is 0 Å². The van der Waals surface area contributed by atoms with E-state index in [0.29, 0.717) is 37.1 Å². The minimum atomic E-state index is -0.256. The molecule has 94 valence electrons. The normalized spacial score (nSPS) is 9.82. The predicted molar refractivity (Wildman–Crippen MR) is 63.1 cm³/mol. The summed E-state index contributed by atoms with van der Waals surface area (Å²) in [5.74, 6) is 1.54. The van der Waals surface area contributed by atoms with Gasteiger partial charge in [0.15, 0.2) is 0 Å². The maximum absolute atomic E-state index is 10.9. The number of aryl methyl sites for hydroxylation is 1. The van der Waals surface area contributed by atoms with Gasteiger partial charge in [0.1, 0.15) is 11.6 Å². The molecule has 1 aromatic heterocycles. The van der Waals surface area contributed by atoms with Crippen LogP contribution in [-0.4, -0.2) is 36.2 Å². The molecule has 0 fully saturated rings. The number of hydrogen-bond donors (Lipinski definition) is 1. The summed E-state index contributed by atoms with van der Waals surface area (Å²) < 4.78 is 9.83. The molecule has 0 radical (unpaired) electrons. The molecular weight excluding hydrogens is 222 g/mol. The lowest BCUT2D eigenvalue weighted by atomic mass is 10.4. The number of carbonyl (C=O) groups is 1. The van der Waals surface area contributed by atoms with Gasteiger partial charge in [-0.3, -0.25) is 4.79 Å². The topological polar surface area (TPSA) is 73.3 Å². The Morgan fingerprint density at radius 2 is 2.24 bits per heavy atom. The Morgan fingerprint density at radius 1 is 1.47 bits per heavy atom. The Morgan fingerprint density at radius 3 is 2.88 bits per heavy atom. The van der Waals surface area contributed by atoms with Gasteiger partial charge in [0.25, 0.3) is 0 Å². The summed E-state index contributed by atoms with van der Waals surface area (Å²) in [6.07, 6.45) is 0.295. The molecule has 0 saturated heterocycles. The zero-order valence-electron chi connectivity index (χ0n) is 10.3. The highest BCUT2D eigenvalue weighted by molar-refractivity contribution is 5.69. The standard InChI is InChI=1S/C11H17N3O3/c1-4-17-10-7-9(13-8(2)14-10)12-6-5-11(15)16-3/h7H,4-6H2,1-3H3,(H,12,13,14). The van der Waals surface area contributed by atoms with E-state index in [2.05, 4.69) is 20.0 Å². The highest BCUT2D eigenvalue weighted by Crippen LogP contribution is 2.13. The molecule has 0 aromatic carbocycles. The first kappa shape index (κ1) is 13.2. The van der Waals surface area contributed by atoms with E-state index >= 15 is 0 Å². The van der Waals surface area contributed by atoms with Crippen molar-refractivity contribution in [2.45, 2.75) is 20.3 Å². The Labute approximate surface area is 100 Å². The SMILES string of the molecule is CCOc1cc(NCCC(=O)OC)nc(C)n1. The zero-order valence-corrected chi connectivity index (χ0v) is 10.3. The van der Waals surface area contributed by atoms with Crippen molar-refractivity contribution >= 4 is 11.8 Å². The lowest BCUT2D eigenvalue weighted by Gasteiger charge is -2.08. The summed E-state index contributed by atoms with van der Waals surface area (Å²) in [5.41, 5.74) is 0. The number of nitrogens with zero attached hydrogens (tertiary/aromatic N) is 2. The van der Waals surface area contributed by atoms with Crippen LogP contribution < -0.4 is 10.1 Å². The smallest absolute Gasteiger partial charge is 0.307 e. The van der Waals surface area contributed by atoms with Crippen LogP contribution in [0.5, 0.6) is 5.88 Å². The Balaban J connectivity index is 2.55. The number of aromatic nitrogens is 2. The fourth-order valence-electron chi connectivity index (χ4n) is 1.25. The summed E-state index contributed by atoms with van der Waals surface area (Å²) in [5, 5.41) is 3.02. The number of rotatable bonds is 6. The first-order valence-electron chi connectivity index (χ1n) is 5.45. The fraction of sp³-hybridized carbons (Fsp3) is 0.545. The van der Waals surface area contributed by atoms with Gasteiger partial charge in [-0.15, -0.1) is 0 Å². The molecule has 0 aliphatic carbocycles. The van der Waals surface area contributed by atoms with Crippen molar-refractivity contribution < 1.29 is 14.3 Å². The van der Waals surface area contributed by atoms with Crippen LogP contribution in [0.3, 0.4) is 0 Å². The second kappa shape index (κ2) is 6.67. The van der Waals surface area contributed by atoms with Gasteiger partial charge in [0.05, 0.1) is 20.1 Å². The van der Waals surface area contributed by atoms with Gasteiger partial charge in [-0.25, -0.2) is 4.98 Å². The maximum Gasteiger partial charge on any atom is 0.307 e. The Hall–Kier alpha value is -1.85. The van der Waals surface area contributed by atoms with Gasteiger partial charge in [-0.2, -0.15) is 4.98 Å². The number of nitrogens with one attached hydrogen (secondary N) is 1. The summed E-state index contributed by atoms with van der Waals surface area (Å²) in [6, 6.07) is 1.70. The number of esters is 1. The van der Waals surface area contributed by atoms with Gasteiger partial charge in [-0.05, 0) is 13.8 Å². The van der Waals surface area contributed by atoms with Crippen molar-refractivity contribution in [3.8, 4) is 5.88 Å². The minimum absolute atomic E-state index is 0.256. The molecule has 0 atom stereocenters. The third-order valence-corrected chi connectivity index (χ3v) is 1.97. The Bertz CT molecular complexity index is 382. The molecule has 0 aliphatic rings. The predicted octanol–water partition coefficient (Wildman–Crippen LogP) is 1.16. The monoisotopic (exact) mass is 239 g/mol. The quantitative estimate of drug-likeness (QED) is 0.751. The molecule has 0 unspecified atom stereocenters. The number of hydrogen-bond acceptors (Lipinski definition) is 6.